The summed E-state index contributed by atoms with van der Waals surface area (Å²) in [6.07, 6.45) is -0.604. The first kappa shape index (κ1) is 12.4. The van der Waals surface area contributed by atoms with Gasteiger partial charge in [0.2, 0.25) is 0 Å². The van der Waals surface area contributed by atoms with Crippen molar-refractivity contribution in [3.63, 3.8) is 0 Å². The molecule has 0 amide bonds. The van der Waals surface area contributed by atoms with Crippen LogP contribution in [0, 0.1) is 0 Å². The van der Waals surface area contributed by atoms with Gasteiger partial charge in [-0.3, -0.25) is 0 Å². The Morgan fingerprint density at radius 2 is 2.00 bits per heavy atom. The minimum absolute atomic E-state index is 0.604. The smallest absolute Gasteiger partial charge is 0.113 e. The predicted octanol–water partition coefficient (Wildman–Crippen LogP) is 3.55. The predicted molar refractivity (Wildman–Crippen MR) is 74.2 cm³/mol. The highest BCUT2D eigenvalue weighted by Crippen LogP contribution is 2.31. The molecule has 1 aromatic carbocycles. The lowest BCUT2D eigenvalue weighted by molar-refractivity contribution is 0.224. The molecular weight excluding hydrogens is 254 g/mol. The van der Waals surface area contributed by atoms with Crippen LogP contribution in [0.4, 0.5) is 5.69 Å². The summed E-state index contributed by atoms with van der Waals surface area (Å²) in [7, 11) is 3.96. The number of thiophene rings is 1. The summed E-state index contributed by atoms with van der Waals surface area (Å²) in [6, 6.07) is 11.5. The monoisotopic (exact) mass is 267 g/mol. The van der Waals surface area contributed by atoms with E-state index >= 15 is 0 Å². The third-order valence-corrected chi connectivity index (χ3v) is 3.85. The third kappa shape index (κ3) is 2.80. The summed E-state index contributed by atoms with van der Waals surface area (Å²) in [5.74, 6) is 0. The molecule has 0 fully saturated rings. The minimum atomic E-state index is -0.604. The lowest BCUT2D eigenvalue weighted by Crippen LogP contribution is -2.09. The Morgan fingerprint density at radius 3 is 2.59 bits per heavy atom. The molecule has 90 valence electrons. The normalized spacial score (nSPS) is 12.5. The quantitative estimate of drug-likeness (QED) is 0.919. The summed E-state index contributed by atoms with van der Waals surface area (Å²) >= 11 is 7.28. The van der Waals surface area contributed by atoms with Crippen molar-refractivity contribution in [3.8, 4) is 0 Å². The zero-order valence-electron chi connectivity index (χ0n) is 9.72. The van der Waals surface area contributed by atoms with Crippen LogP contribution in [-0.2, 0) is 0 Å². The van der Waals surface area contributed by atoms with Crippen LogP contribution in [0.2, 0.25) is 4.34 Å². The maximum Gasteiger partial charge on any atom is 0.113 e. The molecule has 0 saturated carbocycles. The van der Waals surface area contributed by atoms with Gasteiger partial charge in [0.1, 0.15) is 6.10 Å². The fourth-order valence-electron chi connectivity index (χ4n) is 1.61. The Kier molecular flexibility index (Phi) is 3.72. The number of hydrogen-bond acceptors (Lipinski definition) is 3. The fraction of sp³-hybridized carbons (Fsp3) is 0.231. The molecule has 2 rings (SSSR count). The number of aliphatic hydroxyl groups is 1. The van der Waals surface area contributed by atoms with Crippen molar-refractivity contribution in [1.29, 1.82) is 0 Å². The van der Waals surface area contributed by atoms with Gasteiger partial charge >= 0.3 is 0 Å². The van der Waals surface area contributed by atoms with E-state index in [0.29, 0.717) is 4.34 Å². The Bertz CT molecular complexity index is 510. The Hall–Kier alpha value is -1.03. The van der Waals surface area contributed by atoms with E-state index in [1.54, 1.807) is 6.07 Å². The van der Waals surface area contributed by atoms with Crippen molar-refractivity contribution in [1.82, 2.24) is 0 Å². The van der Waals surface area contributed by atoms with Crippen LogP contribution in [0.25, 0.3) is 0 Å². The zero-order chi connectivity index (χ0) is 12.4. The molecule has 17 heavy (non-hydrogen) atoms. The van der Waals surface area contributed by atoms with Crippen LogP contribution in [0.3, 0.4) is 0 Å². The highest BCUT2D eigenvalue weighted by molar-refractivity contribution is 7.16. The molecule has 2 nitrogen and oxygen atoms in total. The van der Waals surface area contributed by atoms with Gasteiger partial charge in [0.25, 0.3) is 0 Å². The first-order chi connectivity index (χ1) is 8.08. The fourth-order valence-corrected chi connectivity index (χ4v) is 2.69. The van der Waals surface area contributed by atoms with Crippen LogP contribution < -0.4 is 4.90 Å². The maximum atomic E-state index is 10.2. The molecular formula is C13H14ClNOS. The van der Waals surface area contributed by atoms with Gasteiger partial charge in [-0.25, -0.2) is 0 Å². The molecule has 0 bridgehead atoms. The number of nitrogens with zero attached hydrogens (tertiary/aromatic N) is 1. The molecule has 1 atom stereocenters. The topological polar surface area (TPSA) is 23.5 Å². The van der Waals surface area contributed by atoms with Gasteiger partial charge in [0.05, 0.1) is 4.34 Å². The Morgan fingerprint density at radius 1 is 1.24 bits per heavy atom. The van der Waals surface area contributed by atoms with Gasteiger partial charge in [0.15, 0.2) is 0 Å². The van der Waals surface area contributed by atoms with Gasteiger partial charge < -0.3 is 10.0 Å². The van der Waals surface area contributed by atoms with E-state index in [1.165, 1.54) is 11.3 Å². The first-order valence-electron chi connectivity index (χ1n) is 5.28. The number of aliphatic hydroxyl groups excluding tert-OH is 1. The van der Waals surface area contributed by atoms with Crippen LogP contribution in [0.15, 0.2) is 36.4 Å². The summed E-state index contributed by atoms with van der Waals surface area (Å²) in [4.78, 5) is 2.88. The van der Waals surface area contributed by atoms with Crippen molar-refractivity contribution in [2.45, 2.75) is 6.10 Å². The van der Waals surface area contributed by atoms with E-state index < -0.39 is 6.10 Å². The lowest BCUT2D eigenvalue weighted by Gasteiger charge is -2.15. The molecule has 1 N–H and O–H groups in total. The van der Waals surface area contributed by atoms with Crippen LogP contribution in [0.1, 0.15) is 16.5 Å². The molecule has 2 aromatic rings. The second-order valence-electron chi connectivity index (χ2n) is 4.03. The standard InChI is InChI=1S/C13H14ClNOS/c1-15(2)10-5-3-4-9(8-10)13(16)11-6-7-12(14)17-11/h3-8,13,16H,1-2H3. The molecule has 0 aliphatic heterocycles. The average Bonchev–Trinajstić information content (AvgIpc) is 2.75. The second-order valence-corrected chi connectivity index (χ2v) is 5.78. The van der Waals surface area contributed by atoms with Gasteiger partial charge in [-0.1, -0.05) is 23.7 Å². The number of benzene rings is 1. The number of hydrogen-bond donors (Lipinski definition) is 1. The summed E-state index contributed by atoms with van der Waals surface area (Å²) < 4.78 is 0.697. The minimum Gasteiger partial charge on any atom is -0.383 e. The van der Waals surface area contributed by atoms with Crippen molar-refractivity contribution < 1.29 is 5.11 Å². The van der Waals surface area contributed by atoms with E-state index in [0.717, 1.165) is 16.1 Å². The van der Waals surface area contributed by atoms with E-state index in [-0.39, 0.29) is 0 Å². The number of halogens is 1. The average molecular weight is 268 g/mol. The summed E-state index contributed by atoms with van der Waals surface area (Å²) in [6.45, 7) is 0. The molecule has 0 saturated heterocycles. The summed E-state index contributed by atoms with van der Waals surface area (Å²) in [5.41, 5.74) is 1.96. The summed E-state index contributed by atoms with van der Waals surface area (Å²) in [5, 5.41) is 10.2. The van der Waals surface area contributed by atoms with Gasteiger partial charge in [-0.15, -0.1) is 11.3 Å². The third-order valence-electron chi connectivity index (χ3n) is 2.57. The molecule has 4 heteroatoms. The molecule has 0 aliphatic carbocycles. The van der Waals surface area contributed by atoms with Crippen LogP contribution in [0.5, 0.6) is 0 Å². The first-order valence-corrected chi connectivity index (χ1v) is 6.48. The highest BCUT2D eigenvalue weighted by Gasteiger charge is 2.13. The number of anilines is 1. The molecule has 1 heterocycles. The highest BCUT2D eigenvalue weighted by atomic mass is 35.5. The van der Waals surface area contributed by atoms with Crippen LogP contribution in [-0.4, -0.2) is 19.2 Å². The molecule has 1 unspecified atom stereocenters. The van der Waals surface area contributed by atoms with Gasteiger partial charge in [0, 0.05) is 24.7 Å². The number of rotatable bonds is 3. The van der Waals surface area contributed by atoms with Crippen LogP contribution >= 0.6 is 22.9 Å². The zero-order valence-corrected chi connectivity index (χ0v) is 11.3. The largest absolute Gasteiger partial charge is 0.383 e. The molecule has 0 spiro atoms. The Balaban J connectivity index is 2.30. The van der Waals surface area contributed by atoms with Gasteiger partial charge in [-0.2, -0.15) is 0 Å². The van der Waals surface area contributed by atoms with Crippen molar-refractivity contribution >= 4 is 28.6 Å². The molecule has 1 aromatic heterocycles. The van der Waals surface area contributed by atoms with E-state index in [1.807, 2.05) is 49.3 Å². The van der Waals surface area contributed by atoms with Crippen molar-refractivity contribution in [3.05, 3.63) is 51.2 Å². The second kappa shape index (κ2) is 5.08. The SMILES string of the molecule is CN(C)c1cccc(C(O)c2ccc(Cl)s2)c1. The molecule has 0 aliphatic rings. The maximum absolute atomic E-state index is 10.2. The van der Waals surface area contributed by atoms with Gasteiger partial charge in [-0.05, 0) is 29.8 Å². The Labute approximate surface area is 110 Å². The van der Waals surface area contributed by atoms with E-state index in [4.69, 9.17) is 11.6 Å². The van der Waals surface area contributed by atoms with Crippen molar-refractivity contribution in [2.75, 3.05) is 19.0 Å². The molecule has 0 radical (unpaired) electrons. The van der Waals surface area contributed by atoms with E-state index in [9.17, 15) is 5.11 Å². The van der Waals surface area contributed by atoms with E-state index in [2.05, 4.69) is 0 Å². The van der Waals surface area contributed by atoms with Crippen molar-refractivity contribution in [2.24, 2.45) is 0 Å². The lowest BCUT2D eigenvalue weighted by atomic mass is 10.1.